The monoisotopic (exact) mass is 443 g/mol. The maximum Gasteiger partial charge on any atom is 0.232 e. The highest BCUT2D eigenvalue weighted by molar-refractivity contribution is 8.00. The Balaban J connectivity index is 1.36. The summed E-state index contributed by atoms with van der Waals surface area (Å²) in [6, 6.07) is 12.0. The molecule has 3 aromatic rings. The lowest BCUT2D eigenvalue weighted by Gasteiger charge is -2.22. The molecule has 0 spiro atoms. The van der Waals surface area contributed by atoms with E-state index < -0.39 is 0 Å². The molecule has 5 nitrogen and oxygen atoms in total. The summed E-state index contributed by atoms with van der Waals surface area (Å²) in [4.78, 5) is 18.3. The van der Waals surface area contributed by atoms with Gasteiger partial charge in [-0.05, 0) is 37.8 Å². The van der Waals surface area contributed by atoms with Crippen LogP contribution in [-0.2, 0) is 11.3 Å². The van der Waals surface area contributed by atoms with Crippen LogP contribution in [0, 0.1) is 13.8 Å². The second kappa shape index (κ2) is 9.41. The standard InChI is InChI=1S/C23H26ClN3O2S/c1-16-19(17(2)29-25-16)14-26-10-5-11-27(13-12-26)22(28)15-30-21-9-4-7-18-6-3-8-20(24)23(18)21/h3-4,6-9H,5,10-15H2,1-2H3. The molecule has 0 saturated carbocycles. The van der Waals surface area contributed by atoms with Crippen molar-refractivity contribution in [3.8, 4) is 0 Å². The lowest BCUT2D eigenvalue weighted by Crippen LogP contribution is -2.36. The van der Waals surface area contributed by atoms with Gasteiger partial charge in [0, 0.05) is 53.6 Å². The van der Waals surface area contributed by atoms with Crippen LogP contribution in [0.3, 0.4) is 0 Å². The van der Waals surface area contributed by atoms with E-state index in [1.165, 1.54) is 0 Å². The van der Waals surface area contributed by atoms with Crippen molar-refractivity contribution in [2.24, 2.45) is 0 Å². The summed E-state index contributed by atoms with van der Waals surface area (Å²) in [5.41, 5.74) is 2.12. The zero-order valence-electron chi connectivity index (χ0n) is 17.4. The van der Waals surface area contributed by atoms with Gasteiger partial charge in [-0.15, -0.1) is 11.8 Å². The molecule has 1 aromatic heterocycles. The Kier molecular flexibility index (Phi) is 6.66. The van der Waals surface area contributed by atoms with Crippen LogP contribution < -0.4 is 0 Å². The van der Waals surface area contributed by atoms with Gasteiger partial charge in [-0.1, -0.05) is 41.0 Å². The van der Waals surface area contributed by atoms with Gasteiger partial charge < -0.3 is 9.42 Å². The third-order valence-corrected chi connectivity index (χ3v) is 7.03. The Bertz CT molecular complexity index is 1030. The third kappa shape index (κ3) is 4.66. The van der Waals surface area contributed by atoms with E-state index >= 15 is 0 Å². The molecule has 0 radical (unpaired) electrons. The quantitative estimate of drug-likeness (QED) is 0.523. The van der Waals surface area contributed by atoms with E-state index in [0.29, 0.717) is 5.75 Å². The number of hydrogen-bond donors (Lipinski definition) is 0. The maximum absolute atomic E-state index is 12.9. The highest BCUT2D eigenvalue weighted by Gasteiger charge is 2.21. The average molecular weight is 444 g/mol. The summed E-state index contributed by atoms with van der Waals surface area (Å²) < 4.78 is 5.29. The van der Waals surface area contributed by atoms with E-state index in [4.69, 9.17) is 16.1 Å². The van der Waals surface area contributed by atoms with Gasteiger partial charge >= 0.3 is 0 Å². The van der Waals surface area contributed by atoms with Crippen molar-refractivity contribution in [3.05, 3.63) is 58.4 Å². The molecule has 1 fully saturated rings. The van der Waals surface area contributed by atoms with E-state index in [1.807, 2.05) is 43.0 Å². The first-order chi connectivity index (χ1) is 14.5. The largest absolute Gasteiger partial charge is 0.361 e. The van der Waals surface area contributed by atoms with Gasteiger partial charge in [0.1, 0.15) is 5.76 Å². The summed E-state index contributed by atoms with van der Waals surface area (Å²) in [5.74, 6) is 1.49. The van der Waals surface area contributed by atoms with E-state index in [2.05, 4.69) is 22.2 Å². The molecule has 1 saturated heterocycles. The van der Waals surface area contributed by atoms with Crippen LogP contribution in [0.25, 0.3) is 10.8 Å². The molecule has 0 N–H and O–H groups in total. The van der Waals surface area contributed by atoms with Gasteiger partial charge in [0.25, 0.3) is 0 Å². The highest BCUT2D eigenvalue weighted by Crippen LogP contribution is 2.33. The Morgan fingerprint density at radius 1 is 1.13 bits per heavy atom. The Morgan fingerprint density at radius 3 is 2.70 bits per heavy atom. The molecule has 158 valence electrons. The van der Waals surface area contributed by atoms with Gasteiger partial charge in [-0.2, -0.15) is 0 Å². The predicted octanol–water partition coefficient (Wildman–Crippen LogP) is 4.92. The van der Waals surface area contributed by atoms with Crippen LogP contribution in [-0.4, -0.2) is 52.8 Å². The number of fused-ring (bicyclic) bond motifs is 1. The molecule has 0 aliphatic carbocycles. The van der Waals surface area contributed by atoms with Crippen molar-refractivity contribution >= 4 is 40.0 Å². The van der Waals surface area contributed by atoms with Crippen LogP contribution in [0.15, 0.2) is 45.8 Å². The molecule has 2 aromatic carbocycles. The molecule has 7 heteroatoms. The van der Waals surface area contributed by atoms with Crippen molar-refractivity contribution in [1.29, 1.82) is 0 Å². The molecule has 0 atom stereocenters. The molecule has 1 aliphatic heterocycles. The Hall–Kier alpha value is -2.02. The molecule has 0 unspecified atom stereocenters. The molecule has 1 amide bonds. The number of nitrogens with zero attached hydrogens (tertiary/aromatic N) is 3. The summed E-state index contributed by atoms with van der Waals surface area (Å²) in [6.07, 6.45) is 0.972. The van der Waals surface area contributed by atoms with Gasteiger partial charge in [0.2, 0.25) is 5.91 Å². The molecular weight excluding hydrogens is 418 g/mol. The SMILES string of the molecule is Cc1noc(C)c1CN1CCCN(C(=O)CSc2cccc3cccc(Cl)c23)CC1. The number of carbonyl (C=O) groups excluding carboxylic acids is 1. The first-order valence-electron chi connectivity index (χ1n) is 10.2. The van der Waals surface area contributed by atoms with Crippen LogP contribution >= 0.6 is 23.4 Å². The first kappa shape index (κ1) is 21.2. The second-order valence-electron chi connectivity index (χ2n) is 7.70. The summed E-state index contributed by atoms with van der Waals surface area (Å²) in [7, 11) is 0. The second-order valence-corrected chi connectivity index (χ2v) is 9.12. The van der Waals surface area contributed by atoms with E-state index in [-0.39, 0.29) is 5.91 Å². The third-order valence-electron chi connectivity index (χ3n) is 5.67. The summed E-state index contributed by atoms with van der Waals surface area (Å²) >= 11 is 7.99. The molecule has 0 bridgehead atoms. The van der Waals surface area contributed by atoms with Crippen LogP contribution in [0.4, 0.5) is 0 Å². The molecule has 30 heavy (non-hydrogen) atoms. The average Bonchev–Trinajstić information content (AvgIpc) is 2.93. The smallest absolute Gasteiger partial charge is 0.232 e. The summed E-state index contributed by atoms with van der Waals surface area (Å²) in [6.45, 7) is 8.15. The van der Waals surface area contributed by atoms with E-state index in [1.54, 1.807) is 11.8 Å². The topological polar surface area (TPSA) is 49.6 Å². The minimum absolute atomic E-state index is 0.184. The number of carbonyl (C=O) groups is 1. The van der Waals surface area contributed by atoms with Crippen molar-refractivity contribution in [2.75, 3.05) is 31.9 Å². The minimum atomic E-state index is 0.184. The van der Waals surface area contributed by atoms with Crippen LogP contribution in [0.2, 0.25) is 5.02 Å². The van der Waals surface area contributed by atoms with Crippen molar-refractivity contribution in [2.45, 2.75) is 31.7 Å². The number of benzene rings is 2. The lowest BCUT2D eigenvalue weighted by molar-refractivity contribution is -0.128. The fourth-order valence-corrected chi connectivity index (χ4v) is 5.29. The molecule has 4 rings (SSSR count). The van der Waals surface area contributed by atoms with Gasteiger partial charge in [-0.25, -0.2) is 0 Å². The van der Waals surface area contributed by atoms with Crippen LogP contribution in [0.5, 0.6) is 0 Å². The number of aromatic nitrogens is 1. The molecular formula is C23H26ClN3O2S. The van der Waals surface area contributed by atoms with Gasteiger partial charge in [0.05, 0.1) is 11.4 Å². The Morgan fingerprint density at radius 2 is 1.93 bits per heavy atom. The zero-order valence-corrected chi connectivity index (χ0v) is 18.9. The number of amides is 1. The summed E-state index contributed by atoms with van der Waals surface area (Å²) in [5, 5.41) is 6.91. The zero-order chi connectivity index (χ0) is 21.1. The normalized spacial score (nSPS) is 15.5. The first-order valence-corrected chi connectivity index (χ1v) is 11.6. The van der Waals surface area contributed by atoms with Crippen molar-refractivity contribution in [3.63, 3.8) is 0 Å². The van der Waals surface area contributed by atoms with Gasteiger partial charge in [0.15, 0.2) is 0 Å². The molecule has 1 aliphatic rings. The van der Waals surface area contributed by atoms with Crippen molar-refractivity contribution in [1.82, 2.24) is 15.0 Å². The predicted molar refractivity (Wildman–Crippen MR) is 122 cm³/mol. The lowest BCUT2D eigenvalue weighted by atomic mass is 10.1. The van der Waals surface area contributed by atoms with Crippen molar-refractivity contribution < 1.29 is 9.32 Å². The fraction of sp³-hybridized carbons (Fsp3) is 0.391. The molecule has 2 heterocycles. The van der Waals surface area contributed by atoms with Crippen LogP contribution in [0.1, 0.15) is 23.4 Å². The van der Waals surface area contributed by atoms with E-state index in [0.717, 1.165) is 76.9 Å². The number of aryl methyl sites for hydroxylation is 2. The number of halogens is 1. The maximum atomic E-state index is 12.9. The number of rotatable bonds is 5. The van der Waals surface area contributed by atoms with E-state index in [9.17, 15) is 4.79 Å². The number of thioether (sulfide) groups is 1. The van der Waals surface area contributed by atoms with Gasteiger partial charge in [-0.3, -0.25) is 9.69 Å². The Labute approximate surface area is 186 Å². The fourth-order valence-electron chi connectivity index (χ4n) is 3.94. The minimum Gasteiger partial charge on any atom is -0.361 e. The highest BCUT2D eigenvalue weighted by atomic mass is 35.5. The number of hydrogen-bond acceptors (Lipinski definition) is 5.